The zero-order chi connectivity index (χ0) is 20.5. The van der Waals surface area contributed by atoms with Gasteiger partial charge >= 0.3 is 0 Å². The molecule has 1 amide bonds. The number of pyridine rings is 1. The van der Waals surface area contributed by atoms with E-state index in [0.29, 0.717) is 31.9 Å². The number of rotatable bonds is 3. The summed E-state index contributed by atoms with van der Waals surface area (Å²) in [5.41, 5.74) is 1.33. The molecule has 0 N–H and O–H groups in total. The number of para-hydroxylation sites is 1. The molecule has 1 aromatic carbocycles. The van der Waals surface area contributed by atoms with E-state index in [2.05, 4.69) is 24.8 Å². The van der Waals surface area contributed by atoms with Crippen molar-refractivity contribution in [3.63, 3.8) is 0 Å². The first-order valence-corrected chi connectivity index (χ1v) is 9.91. The number of aromatic nitrogens is 5. The van der Waals surface area contributed by atoms with Crippen molar-refractivity contribution in [3.8, 4) is 5.82 Å². The van der Waals surface area contributed by atoms with E-state index in [4.69, 9.17) is 0 Å². The molecule has 4 aromatic rings. The van der Waals surface area contributed by atoms with E-state index in [1.54, 1.807) is 18.6 Å². The zero-order valence-electron chi connectivity index (χ0n) is 16.6. The minimum Gasteiger partial charge on any atom is -0.353 e. The molecule has 1 aliphatic rings. The van der Waals surface area contributed by atoms with E-state index in [-0.39, 0.29) is 5.91 Å². The standard InChI is InChI=1S/C22H21N7O/c1-16-23-8-9-29(16)21-14-20(24-15-25-21)27-10-12-28(13-11-27)22(30)19-7-6-17-4-2-3-5-18(17)26-19/h2-9,14-15H,10-13H2,1H3. The van der Waals surface area contributed by atoms with Crippen molar-refractivity contribution in [1.82, 2.24) is 29.4 Å². The van der Waals surface area contributed by atoms with Crippen molar-refractivity contribution in [1.29, 1.82) is 0 Å². The molecule has 0 radical (unpaired) electrons. The zero-order valence-corrected chi connectivity index (χ0v) is 16.6. The number of hydrogen-bond donors (Lipinski definition) is 0. The molecule has 4 heterocycles. The number of anilines is 1. The molecule has 5 rings (SSSR count). The molecule has 1 aliphatic heterocycles. The fraction of sp³-hybridized carbons (Fsp3) is 0.227. The van der Waals surface area contributed by atoms with Crippen LogP contribution in [-0.2, 0) is 0 Å². The molecule has 0 bridgehead atoms. The van der Waals surface area contributed by atoms with Crippen molar-refractivity contribution in [2.75, 3.05) is 31.1 Å². The summed E-state index contributed by atoms with van der Waals surface area (Å²) in [6.45, 7) is 4.60. The van der Waals surface area contributed by atoms with Gasteiger partial charge in [-0.3, -0.25) is 9.36 Å². The highest BCUT2D eigenvalue weighted by Gasteiger charge is 2.24. The maximum atomic E-state index is 12.9. The third-order valence-electron chi connectivity index (χ3n) is 5.42. The fourth-order valence-corrected chi connectivity index (χ4v) is 3.75. The minimum atomic E-state index is -0.0298. The van der Waals surface area contributed by atoms with E-state index >= 15 is 0 Å². The van der Waals surface area contributed by atoms with E-state index in [1.807, 2.05) is 59.0 Å². The second-order valence-corrected chi connectivity index (χ2v) is 7.25. The van der Waals surface area contributed by atoms with Gasteiger partial charge in [-0.15, -0.1) is 0 Å². The SMILES string of the molecule is Cc1nccn1-c1cc(N2CCN(C(=O)c3ccc4ccccc4n3)CC2)ncn1. The first-order chi connectivity index (χ1) is 14.7. The summed E-state index contributed by atoms with van der Waals surface area (Å²) in [5.74, 6) is 2.48. The van der Waals surface area contributed by atoms with Gasteiger partial charge in [-0.1, -0.05) is 24.3 Å². The summed E-state index contributed by atoms with van der Waals surface area (Å²) >= 11 is 0. The number of hydrogen-bond acceptors (Lipinski definition) is 6. The number of fused-ring (bicyclic) bond motifs is 1. The summed E-state index contributed by atoms with van der Waals surface area (Å²) in [4.78, 5) is 34.6. The van der Waals surface area contributed by atoms with Crippen LogP contribution < -0.4 is 4.90 Å². The highest BCUT2D eigenvalue weighted by molar-refractivity contribution is 5.95. The topological polar surface area (TPSA) is 80.0 Å². The lowest BCUT2D eigenvalue weighted by molar-refractivity contribution is 0.0741. The molecule has 3 aromatic heterocycles. The first-order valence-electron chi connectivity index (χ1n) is 9.91. The summed E-state index contributed by atoms with van der Waals surface area (Å²) in [6.07, 6.45) is 5.21. The third kappa shape index (κ3) is 3.36. The predicted octanol–water partition coefficient (Wildman–Crippen LogP) is 2.48. The molecule has 1 saturated heterocycles. The Bertz CT molecular complexity index is 1210. The van der Waals surface area contributed by atoms with Crippen molar-refractivity contribution >= 4 is 22.6 Å². The van der Waals surface area contributed by atoms with Crippen molar-refractivity contribution in [2.45, 2.75) is 6.92 Å². The van der Waals surface area contributed by atoms with Gasteiger partial charge in [-0.2, -0.15) is 0 Å². The fourth-order valence-electron chi connectivity index (χ4n) is 3.75. The molecule has 0 aliphatic carbocycles. The summed E-state index contributed by atoms with van der Waals surface area (Å²) in [7, 11) is 0. The van der Waals surface area contributed by atoms with Gasteiger partial charge in [0, 0.05) is 50.0 Å². The van der Waals surface area contributed by atoms with Gasteiger partial charge in [-0.05, 0) is 19.1 Å². The monoisotopic (exact) mass is 399 g/mol. The van der Waals surface area contributed by atoms with Crippen LogP contribution in [0.4, 0.5) is 5.82 Å². The maximum Gasteiger partial charge on any atom is 0.272 e. The molecule has 8 heteroatoms. The third-order valence-corrected chi connectivity index (χ3v) is 5.42. The largest absolute Gasteiger partial charge is 0.353 e. The van der Waals surface area contributed by atoms with Gasteiger partial charge in [0.15, 0.2) is 0 Å². The van der Waals surface area contributed by atoms with Gasteiger partial charge < -0.3 is 9.80 Å². The minimum absolute atomic E-state index is 0.0298. The Kier molecular flexibility index (Phi) is 4.59. The molecule has 150 valence electrons. The number of aryl methyl sites for hydroxylation is 1. The van der Waals surface area contributed by atoms with E-state index in [0.717, 1.165) is 28.4 Å². The van der Waals surface area contributed by atoms with Crippen molar-refractivity contribution < 1.29 is 4.79 Å². The molecular weight excluding hydrogens is 378 g/mol. The Morgan fingerprint density at radius 3 is 2.53 bits per heavy atom. The number of amides is 1. The van der Waals surface area contributed by atoms with Gasteiger partial charge in [0.2, 0.25) is 0 Å². The number of benzene rings is 1. The van der Waals surface area contributed by atoms with Crippen molar-refractivity contribution in [3.05, 3.63) is 72.7 Å². The second kappa shape index (κ2) is 7.55. The van der Waals surface area contributed by atoms with E-state index < -0.39 is 0 Å². The number of imidazole rings is 1. The van der Waals surface area contributed by atoms with Crippen LogP contribution in [0, 0.1) is 6.92 Å². The van der Waals surface area contributed by atoms with Gasteiger partial charge in [0.1, 0.15) is 29.5 Å². The van der Waals surface area contributed by atoms with Crippen LogP contribution in [0.3, 0.4) is 0 Å². The molecule has 8 nitrogen and oxygen atoms in total. The van der Waals surface area contributed by atoms with Crippen LogP contribution in [0.2, 0.25) is 0 Å². The Morgan fingerprint density at radius 2 is 1.73 bits per heavy atom. The van der Waals surface area contributed by atoms with Crippen LogP contribution in [0.5, 0.6) is 0 Å². The summed E-state index contributed by atoms with van der Waals surface area (Å²) in [6, 6.07) is 13.5. The Balaban J connectivity index is 1.29. The van der Waals surface area contributed by atoms with Crippen LogP contribution in [0.15, 0.2) is 61.2 Å². The maximum absolute atomic E-state index is 12.9. The van der Waals surface area contributed by atoms with Crippen LogP contribution in [-0.4, -0.2) is 61.5 Å². The van der Waals surface area contributed by atoms with E-state index in [1.165, 1.54) is 0 Å². The van der Waals surface area contributed by atoms with E-state index in [9.17, 15) is 4.79 Å². The number of carbonyl (C=O) groups excluding carboxylic acids is 1. The van der Waals surface area contributed by atoms with Crippen molar-refractivity contribution in [2.24, 2.45) is 0 Å². The highest BCUT2D eigenvalue weighted by atomic mass is 16.2. The molecule has 0 unspecified atom stereocenters. The highest BCUT2D eigenvalue weighted by Crippen LogP contribution is 2.18. The number of carbonyl (C=O) groups is 1. The smallest absolute Gasteiger partial charge is 0.272 e. The van der Waals surface area contributed by atoms with Gasteiger partial charge in [0.05, 0.1) is 5.52 Å². The Labute approximate surface area is 173 Å². The summed E-state index contributed by atoms with van der Waals surface area (Å²) in [5, 5.41) is 1.03. The summed E-state index contributed by atoms with van der Waals surface area (Å²) < 4.78 is 1.93. The molecule has 0 spiro atoms. The first kappa shape index (κ1) is 18.2. The second-order valence-electron chi connectivity index (χ2n) is 7.25. The lowest BCUT2D eigenvalue weighted by Crippen LogP contribution is -2.49. The average molecular weight is 399 g/mol. The van der Waals surface area contributed by atoms with Crippen LogP contribution >= 0.6 is 0 Å². The van der Waals surface area contributed by atoms with Gasteiger partial charge in [-0.25, -0.2) is 19.9 Å². The molecule has 0 saturated carbocycles. The molecule has 1 fully saturated rings. The predicted molar refractivity (Wildman–Crippen MR) is 114 cm³/mol. The molecular formula is C22H21N7O. The number of nitrogens with zero attached hydrogens (tertiary/aromatic N) is 7. The van der Waals surface area contributed by atoms with Crippen LogP contribution in [0.25, 0.3) is 16.7 Å². The quantitative estimate of drug-likeness (QED) is 0.527. The molecule has 30 heavy (non-hydrogen) atoms. The lowest BCUT2D eigenvalue weighted by atomic mass is 10.2. The lowest BCUT2D eigenvalue weighted by Gasteiger charge is -2.35. The number of piperazine rings is 1. The average Bonchev–Trinajstić information content (AvgIpc) is 3.24. The Morgan fingerprint density at radius 1 is 0.933 bits per heavy atom. The molecule has 0 atom stereocenters. The Hall–Kier alpha value is -3.81. The normalized spacial score (nSPS) is 14.3. The van der Waals surface area contributed by atoms with Crippen LogP contribution in [0.1, 0.15) is 16.3 Å². The van der Waals surface area contributed by atoms with Gasteiger partial charge in [0.25, 0.3) is 5.91 Å².